The Bertz CT molecular complexity index is 1390. The maximum Gasteiger partial charge on any atom is 0.253 e. The summed E-state index contributed by atoms with van der Waals surface area (Å²) in [5.41, 5.74) is 7.32. The molecule has 44 heavy (non-hydrogen) atoms. The molecule has 0 fully saturated rings. The van der Waals surface area contributed by atoms with Gasteiger partial charge in [-0.05, 0) is 48.6 Å². The lowest BCUT2D eigenvalue weighted by Gasteiger charge is -2.28. The summed E-state index contributed by atoms with van der Waals surface area (Å²) >= 11 is 0. The van der Waals surface area contributed by atoms with E-state index >= 15 is 0 Å². The number of nitrogens with zero attached hydrogens (tertiary/aromatic N) is 1. The Morgan fingerprint density at radius 2 is 1.34 bits per heavy atom. The lowest BCUT2D eigenvalue weighted by Crippen LogP contribution is -2.50. The zero-order chi connectivity index (χ0) is 32.1. The zero-order valence-corrected chi connectivity index (χ0v) is 25.2. The van der Waals surface area contributed by atoms with Gasteiger partial charge in [0, 0.05) is 36.3 Å². The largest absolute Gasteiger partial charge is 0.390 e. The normalized spacial score (nSPS) is 12.9. The van der Waals surface area contributed by atoms with Crippen molar-refractivity contribution in [3.8, 4) is 0 Å². The van der Waals surface area contributed by atoms with Gasteiger partial charge in [-0.1, -0.05) is 74.5 Å². The first-order chi connectivity index (χ1) is 21.1. The Morgan fingerprint density at radius 1 is 0.795 bits per heavy atom. The van der Waals surface area contributed by atoms with Gasteiger partial charge in [0.05, 0.1) is 18.6 Å². The van der Waals surface area contributed by atoms with E-state index in [9.17, 15) is 29.4 Å². The fraction of sp³-hybridized carbons (Fsp3) is 0.353. The van der Waals surface area contributed by atoms with Crippen LogP contribution >= 0.6 is 0 Å². The first kappa shape index (κ1) is 34.0. The molecule has 6 N–H and O–H groups in total. The minimum absolute atomic E-state index is 0.00190. The number of primary amides is 1. The molecule has 3 aromatic rings. The number of aliphatic hydroxyl groups excluding tert-OH is 2. The summed E-state index contributed by atoms with van der Waals surface area (Å²) in [6.07, 6.45) is -1.80. The third-order valence-corrected chi connectivity index (χ3v) is 7.15. The van der Waals surface area contributed by atoms with E-state index in [0.29, 0.717) is 13.1 Å². The van der Waals surface area contributed by atoms with Crippen LogP contribution in [0.3, 0.4) is 0 Å². The molecule has 10 nitrogen and oxygen atoms in total. The molecule has 4 amide bonds. The Kier molecular flexibility index (Phi) is 13.1. The van der Waals surface area contributed by atoms with Crippen LogP contribution in [-0.2, 0) is 17.8 Å². The fourth-order valence-electron chi connectivity index (χ4n) is 4.89. The second-order valence-electron chi connectivity index (χ2n) is 10.7. The standard InChI is InChI=1S/C34H42N4O6/c1-3-15-38(16-4-2)34(44)27-19-25(32(35)42)18-26(20-27)33(43)37-28(17-23-11-7-5-8-12-23)31(41)29(39)21-30(40)36-22-24-13-9-6-10-14-24/h5-14,18-20,28-29,31,39,41H,3-4,15-17,21-22H2,1-2H3,(H2,35,42)(H,36,40)(H,37,43)/t28-,29+,31+/m0/s1. The highest BCUT2D eigenvalue weighted by Gasteiger charge is 2.30. The molecule has 0 saturated carbocycles. The number of nitrogens with two attached hydrogens (primary N) is 1. The highest BCUT2D eigenvalue weighted by Crippen LogP contribution is 2.17. The van der Waals surface area contributed by atoms with Crippen molar-refractivity contribution in [2.45, 2.75) is 64.3 Å². The number of carbonyl (C=O) groups is 4. The molecule has 0 saturated heterocycles. The van der Waals surface area contributed by atoms with Crippen molar-refractivity contribution in [1.82, 2.24) is 15.5 Å². The first-order valence-electron chi connectivity index (χ1n) is 14.9. The summed E-state index contributed by atoms with van der Waals surface area (Å²) in [6, 6.07) is 21.4. The number of benzene rings is 3. The van der Waals surface area contributed by atoms with Crippen LogP contribution in [0.25, 0.3) is 0 Å². The predicted molar refractivity (Wildman–Crippen MR) is 168 cm³/mol. The molecular formula is C34H42N4O6. The Morgan fingerprint density at radius 3 is 1.91 bits per heavy atom. The highest BCUT2D eigenvalue weighted by atomic mass is 16.3. The van der Waals surface area contributed by atoms with Crippen LogP contribution in [0.1, 0.15) is 75.3 Å². The molecule has 3 atom stereocenters. The van der Waals surface area contributed by atoms with Gasteiger partial charge in [-0.3, -0.25) is 19.2 Å². The van der Waals surface area contributed by atoms with Crippen molar-refractivity contribution >= 4 is 23.6 Å². The van der Waals surface area contributed by atoms with Crippen molar-refractivity contribution in [2.75, 3.05) is 13.1 Å². The summed E-state index contributed by atoms with van der Waals surface area (Å²) in [4.78, 5) is 53.2. The number of rotatable bonds is 16. The summed E-state index contributed by atoms with van der Waals surface area (Å²) in [7, 11) is 0. The molecule has 0 bridgehead atoms. The third-order valence-electron chi connectivity index (χ3n) is 7.15. The molecule has 0 radical (unpaired) electrons. The van der Waals surface area contributed by atoms with E-state index in [1.807, 2.05) is 62.4 Å². The molecule has 0 aliphatic rings. The number of carbonyl (C=O) groups excluding carboxylic acids is 4. The van der Waals surface area contributed by atoms with Crippen LogP contribution in [0.2, 0.25) is 0 Å². The Hall–Kier alpha value is -4.54. The monoisotopic (exact) mass is 602 g/mol. The number of hydrogen-bond acceptors (Lipinski definition) is 6. The van der Waals surface area contributed by atoms with Crippen LogP contribution in [0.15, 0.2) is 78.9 Å². The van der Waals surface area contributed by atoms with Crippen LogP contribution in [-0.4, -0.2) is 70.1 Å². The van der Waals surface area contributed by atoms with Gasteiger partial charge in [0.1, 0.15) is 6.10 Å². The maximum absolute atomic E-state index is 13.6. The molecule has 0 unspecified atom stereocenters. The van der Waals surface area contributed by atoms with E-state index in [1.54, 1.807) is 17.0 Å². The van der Waals surface area contributed by atoms with Gasteiger partial charge < -0.3 is 31.5 Å². The molecular weight excluding hydrogens is 560 g/mol. The summed E-state index contributed by atoms with van der Waals surface area (Å²) in [5.74, 6) is -2.28. The van der Waals surface area contributed by atoms with Crippen molar-refractivity contribution in [1.29, 1.82) is 0 Å². The molecule has 3 aromatic carbocycles. The average Bonchev–Trinajstić information content (AvgIpc) is 3.03. The highest BCUT2D eigenvalue weighted by molar-refractivity contribution is 6.04. The van der Waals surface area contributed by atoms with Gasteiger partial charge >= 0.3 is 0 Å². The van der Waals surface area contributed by atoms with Crippen LogP contribution in [0.4, 0.5) is 0 Å². The number of hydrogen-bond donors (Lipinski definition) is 5. The number of aliphatic hydroxyl groups is 2. The topological polar surface area (TPSA) is 162 Å². The van der Waals surface area contributed by atoms with Crippen molar-refractivity contribution in [2.24, 2.45) is 5.73 Å². The first-order valence-corrected chi connectivity index (χ1v) is 14.9. The van der Waals surface area contributed by atoms with Crippen LogP contribution in [0, 0.1) is 0 Å². The van der Waals surface area contributed by atoms with Gasteiger partial charge in [0.15, 0.2) is 0 Å². The zero-order valence-electron chi connectivity index (χ0n) is 25.2. The smallest absolute Gasteiger partial charge is 0.253 e. The lowest BCUT2D eigenvalue weighted by molar-refractivity contribution is -0.125. The van der Waals surface area contributed by atoms with Crippen LogP contribution < -0.4 is 16.4 Å². The molecule has 0 aromatic heterocycles. The second-order valence-corrected chi connectivity index (χ2v) is 10.7. The SMILES string of the molecule is CCCN(CCC)C(=O)c1cc(C(N)=O)cc(C(=O)N[C@@H](Cc2ccccc2)[C@@H](O)[C@H](O)CC(=O)NCc2ccccc2)c1. The molecule has 0 aliphatic carbocycles. The van der Waals surface area contributed by atoms with E-state index in [2.05, 4.69) is 10.6 Å². The van der Waals surface area contributed by atoms with E-state index in [1.165, 1.54) is 18.2 Å². The van der Waals surface area contributed by atoms with E-state index in [0.717, 1.165) is 24.0 Å². The van der Waals surface area contributed by atoms with E-state index in [-0.39, 0.29) is 35.6 Å². The predicted octanol–water partition coefficient (Wildman–Crippen LogP) is 2.82. The second kappa shape index (κ2) is 16.9. The minimum atomic E-state index is -1.52. The summed E-state index contributed by atoms with van der Waals surface area (Å²) in [5, 5.41) is 27.5. The number of amides is 4. The number of nitrogens with one attached hydrogen (secondary N) is 2. The minimum Gasteiger partial charge on any atom is -0.390 e. The molecule has 0 spiro atoms. The molecule has 0 aliphatic heterocycles. The van der Waals surface area contributed by atoms with Crippen molar-refractivity contribution < 1.29 is 29.4 Å². The average molecular weight is 603 g/mol. The molecule has 0 heterocycles. The third kappa shape index (κ3) is 10.0. The lowest BCUT2D eigenvalue weighted by atomic mass is 9.95. The van der Waals surface area contributed by atoms with Gasteiger partial charge in [-0.15, -0.1) is 0 Å². The quantitative estimate of drug-likeness (QED) is 0.169. The summed E-state index contributed by atoms with van der Waals surface area (Å²) in [6.45, 7) is 5.19. The van der Waals surface area contributed by atoms with Gasteiger partial charge in [-0.25, -0.2) is 0 Å². The maximum atomic E-state index is 13.6. The Balaban J connectivity index is 1.82. The van der Waals surface area contributed by atoms with Crippen molar-refractivity contribution in [3.63, 3.8) is 0 Å². The summed E-state index contributed by atoms with van der Waals surface area (Å²) < 4.78 is 0. The molecule has 3 rings (SSSR count). The molecule has 10 heteroatoms. The van der Waals surface area contributed by atoms with E-state index < -0.39 is 42.4 Å². The van der Waals surface area contributed by atoms with Gasteiger partial charge in [-0.2, -0.15) is 0 Å². The van der Waals surface area contributed by atoms with Gasteiger partial charge in [0.25, 0.3) is 11.8 Å². The fourth-order valence-corrected chi connectivity index (χ4v) is 4.89. The Labute approximate surface area is 258 Å². The van der Waals surface area contributed by atoms with Gasteiger partial charge in [0.2, 0.25) is 11.8 Å². The van der Waals surface area contributed by atoms with E-state index in [4.69, 9.17) is 5.73 Å². The van der Waals surface area contributed by atoms with Crippen LogP contribution in [0.5, 0.6) is 0 Å². The van der Waals surface area contributed by atoms with Crippen molar-refractivity contribution in [3.05, 3.63) is 107 Å². The molecule has 234 valence electrons.